The summed E-state index contributed by atoms with van der Waals surface area (Å²) in [6, 6.07) is 34.6. The van der Waals surface area contributed by atoms with E-state index in [0.717, 1.165) is 22.0 Å². The zero-order valence-electron chi connectivity index (χ0n) is 18.6. The van der Waals surface area contributed by atoms with Gasteiger partial charge in [0.2, 0.25) is 0 Å². The number of nitrogens with one attached hydrogen (secondary N) is 1. The summed E-state index contributed by atoms with van der Waals surface area (Å²) in [5.41, 5.74) is 4.17. The number of nitrogens with zero attached hydrogens (tertiary/aromatic N) is 2. The van der Waals surface area contributed by atoms with Gasteiger partial charge in [0.05, 0.1) is 0 Å². The highest BCUT2D eigenvalue weighted by Gasteiger charge is 2.13. The lowest BCUT2D eigenvalue weighted by atomic mass is 10.1. The number of amides is 1. The molecule has 0 aliphatic heterocycles. The normalized spacial score (nSPS) is 11.4. The smallest absolute Gasteiger partial charge is 0.262 e. The third kappa shape index (κ3) is 4.46. The van der Waals surface area contributed by atoms with E-state index in [4.69, 9.17) is 0 Å². The molecule has 5 rings (SSSR count). The Kier molecular flexibility index (Phi) is 5.92. The minimum Gasteiger partial charge on any atom is -0.347 e. The van der Waals surface area contributed by atoms with Crippen LogP contribution < -0.4 is 5.32 Å². The number of nitriles is 1. The van der Waals surface area contributed by atoms with E-state index in [1.807, 2.05) is 66.9 Å². The van der Waals surface area contributed by atoms with Crippen molar-refractivity contribution in [1.82, 2.24) is 9.88 Å². The first-order valence-corrected chi connectivity index (χ1v) is 11.2. The molecule has 0 atom stereocenters. The summed E-state index contributed by atoms with van der Waals surface area (Å²) in [7, 11) is 0. The molecule has 0 saturated carbocycles. The molecule has 0 saturated heterocycles. The first-order valence-electron chi connectivity index (χ1n) is 11.2. The average Bonchev–Trinajstić information content (AvgIpc) is 3.23. The van der Waals surface area contributed by atoms with Crippen molar-refractivity contribution in [3.05, 3.63) is 126 Å². The first kappa shape index (κ1) is 21.2. The van der Waals surface area contributed by atoms with Gasteiger partial charge in [0.25, 0.3) is 5.91 Å². The van der Waals surface area contributed by atoms with Crippen LogP contribution in [0.5, 0.6) is 0 Å². The second-order valence-electron chi connectivity index (χ2n) is 8.25. The molecule has 0 unspecified atom stereocenters. The Labute approximate surface area is 198 Å². The van der Waals surface area contributed by atoms with Crippen molar-refractivity contribution in [2.75, 3.05) is 0 Å². The Bertz CT molecular complexity index is 1550. The molecule has 1 N–H and O–H groups in total. The number of benzene rings is 4. The predicted octanol–water partition coefficient (Wildman–Crippen LogP) is 6.07. The fourth-order valence-electron chi connectivity index (χ4n) is 4.23. The van der Waals surface area contributed by atoms with E-state index < -0.39 is 0 Å². The largest absolute Gasteiger partial charge is 0.347 e. The number of rotatable bonds is 6. The van der Waals surface area contributed by atoms with Gasteiger partial charge in [0.1, 0.15) is 11.6 Å². The molecule has 4 aromatic carbocycles. The van der Waals surface area contributed by atoms with Gasteiger partial charge in [0, 0.05) is 35.8 Å². The van der Waals surface area contributed by atoms with Crippen molar-refractivity contribution in [2.45, 2.75) is 13.1 Å². The van der Waals surface area contributed by atoms with E-state index >= 15 is 0 Å². The molecule has 4 heteroatoms. The molecule has 4 nitrogen and oxygen atoms in total. The zero-order chi connectivity index (χ0) is 23.3. The van der Waals surface area contributed by atoms with Crippen molar-refractivity contribution in [2.24, 2.45) is 0 Å². The van der Waals surface area contributed by atoms with Crippen LogP contribution in [0.3, 0.4) is 0 Å². The number of carbonyl (C=O) groups excluding carboxylic acids is 1. The van der Waals surface area contributed by atoms with Crippen LogP contribution in [0.2, 0.25) is 0 Å². The molecular formula is C30H23N3O. The maximum absolute atomic E-state index is 12.7. The highest BCUT2D eigenvalue weighted by Crippen LogP contribution is 2.25. The van der Waals surface area contributed by atoms with E-state index in [2.05, 4.69) is 52.4 Å². The monoisotopic (exact) mass is 441 g/mol. The van der Waals surface area contributed by atoms with Crippen molar-refractivity contribution < 1.29 is 4.79 Å². The Morgan fingerprint density at radius 3 is 2.41 bits per heavy atom. The van der Waals surface area contributed by atoms with Gasteiger partial charge < -0.3 is 9.88 Å². The van der Waals surface area contributed by atoms with Crippen LogP contribution >= 0.6 is 0 Å². The number of aromatic nitrogens is 1. The number of para-hydroxylation sites is 1. The van der Waals surface area contributed by atoms with Gasteiger partial charge in [-0.05, 0) is 40.1 Å². The second kappa shape index (κ2) is 9.48. The van der Waals surface area contributed by atoms with Gasteiger partial charge in [-0.15, -0.1) is 0 Å². The van der Waals surface area contributed by atoms with Crippen molar-refractivity contribution in [1.29, 1.82) is 5.26 Å². The van der Waals surface area contributed by atoms with E-state index in [-0.39, 0.29) is 11.5 Å². The van der Waals surface area contributed by atoms with E-state index in [1.54, 1.807) is 6.08 Å². The Balaban J connectivity index is 1.44. The summed E-state index contributed by atoms with van der Waals surface area (Å²) in [6.45, 7) is 1.07. The van der Waals surface area contributed by atoms with Gasteiger partial charge >= 0.3 is 0 Å². The predicted molar refractivity (Wildman–Crippen MR) is 137 cm³/mol. The van der Waals surface area contributed by atoms with Crippen LogP contribution in [0.1, 0.15) is 16.7 Å². The fraction of sp³-hybridized carbons (Fsp3) is 0.0667. The average molecular weight is 442 g/mol. The highest BCUT2D eigenvalue weighted by molar-refractivity contribution is 6.04. The third-order valence-corrected chi connectivity index (χ3v) is 5.95. The lowest BCUT2D eigenvalue weighted by Crippen LogP contribution is -2.23. The summed E-state index contributed by atoms with van der Waals surface area (Å²) >= 11 is 0. The highest BCUT2D eigenvalue weighted by atomic mass is 16.1. The van der Waals surface area contributed by atoms with E-state index in [9.17, 15) is 10.1 Å². The first-order chi connectivity index (χ1) is 16.7. The van der Waals surface area contributed by atoms with Crippen LogP contribution in [-0.2, 0) is 17.9 Å². The molecule has 5 aromatic rings. The molecule has 164 valence electrons. The summed E-state index contributed by atoms with van der Waals surface area (Å²) in [4.78, 5) is 12.7. The maximum atomic E-state index is 12.7. The van der Waals surface area contributed by atoms with Crippen molar-refractivity contribution in [3.63, 3.8) is 0 Å². The van der Waals surface area contributed by atoms with Gasteiger partial charge in [-0.1, -0.05) is 84.9 Å². The van der Waals surface area contributed by atoms with E-state index in [0.29, 0.717) is 13.1 Å². The molecule has 0 aliphatic rings. The summed E-state index contributed by atoms with van der Waals surface area (Å²) in [6.07, 6.45) is 3.70. The quantitative estimate of drug-likeness (QED) is 0.257. The molecule has 1 amide bonds. The second-order valence-corrected chi connectivity index (χ2v) is 8.25. The number of fused-ring (bicyclic) bond motifs is 2. The molecule has 0 bridgehead atoms. The minimum atomic E-state index is -0.377. The lowest BCUT2D eigenvalue weighted by Gasteiger charge is -2.07. The molecule has 0 radical (unpaired) electrons. The molecule has 34 heavy (non-hydrogen) atoms. The molecule has 0 aliphatic carbocycles. The minimum absolute atomic E-state index is 0.0875. The third-order valence-electron chi connectivity index (χ3n) is 5.95. The number of carbonyl (C=O) groups is 1. The molecule has 1 heterocycles. The maximum Gasteiger partial charge on any atom is 0.262 e. The van der Waals surface area contributed by atoms with Crippen LogP contribution in [-0.4, -0.2) is 10.5 Å². The Morgan fingerprint density at radius 1 is 0.853 bits per heavy atom. The molecule has 0 fully saturated rings. The summed E-state index contributed by atoms with van der Waals surface area (Å²) in [5.74, 6) is -0.377. The van der Waals surface area contributed by atoms with Crippen LogP contribution in [0.25, 0.3) is 27.8 Å². The summed E-state index contributed by atoms with van der Waals surface area (Å²) < 4.78 is 2.17. The fourth-order valence-corrected chi connectivity index (χ4v) is 4.23. The number of hydrogen-bond donors (Lipinski definition) is 1. The standard InChI is InChI=1S/C30H23N3O/c31-18-26(30(34)32-19-22-8-2-1-3-9-22)17-27-21-33(29-13-7-6-12-28(27)29)20-23-14-15-24-10-4-5-11-25(24)16-23/h1-17,21H,19-20H2,(H,32,34)/b26-17-. The van der Waals surface area contributed by atoms with Gasteiger partial charge in [-0.2, -0.15) is 5.26 Å². The Morgan fingerprint density at radius 2 is 1.59 bits per heavy atom. The van der Waals surface area contributed by atoms with Crippen molar-refractivity contribution >= 4 is 33.7 Å². The van der Waals surface area contributed by atoms with Gasteiger partial charge in [0.15, 0.2) is 0 Å². The van der Waals surface area contributed by atoms with E-state index in [1.165, 1.54) is 16.3 Å². The molecular weight excluding hydrogens is 418 g/mol. The zero-order valence-corrected chi connectivity index (χ0v) is 18.6. The summed E-state index contributed by atoms with van der Waals surface area (Å²) in [5, 5.41) is 16.0. The van der Waals surface area contributed by atoms with Crippen LogP contribution in [0, 0.1) is 11.3 Å². The Hall–Kier alpha value is -4.62. The molecule has 0 spiro atoms. The molecule has 1 aromatic heterocycles. The number of hydrogen-bond acceptors (Lipinski definition) is 2. The lowest BCUT2D eigenvalue weighted by molar-refractivity contribution is -0.117. The van der Waals surface area contributed by atoms with Gasteiger partial charge in [-0.3, -0.25) is 4.79 Å². The van der Waals surface area contributed by atoms with Crippen LogP contribution in [0.4, 0.5) is 0 Å². The SMILES string of the molecule is N#C/C(=C/c1cn(Cc2ccc3ccccc3c2)c2ccccc12)C(=O)NCc1ccccc1. The van der Waals surface area contributed by atoms with Crippen LogP contribution in [0.15, 0.2) is 109 Å². The van der Waals surface area contributed by atoms with Crippen molar-refractivity contribution in [3.8, 4) is 6.07 Å². The topological polar surface area (TPSA) is 57.8 Å². The van der Waals surface area contributed by atoms with Gasteiger partial charge in [-0.25, -0.2) is 0 Å².